The van der Waals surface area contributed by atoms with Crippen molar-refractivity contribution in [3.05, 3.63) is 100 Å². The fourth-order valence-corrected chi connectivity index (χ4v) is 3.88. The molecule has 0 bridgehead atoms. The van der Waals surface area contributed by atoms with Gasteiger partial charge in [0.15, 0.2) is 0 Å². The average molecular weight is 402 g/mol. The van der Waals surface area contributed by atoms with E-state index in [-0.39, 0.29) is 24.1 Å². The highest BCUT2D eigenvalue weighted by atomic mass is 19.1. The molecule has 0 radical (unpaired) electrons. The molecule has 1 atom stereocenters. The predicted molar refractivity (Wildman–Crippen MR) is 115 cm³/mol. The van der Waals surface area contributed by atoms with Crippen molar-refractivity contribution in [1.29, 1.82) is 0 Å². The van der Waals surface area contributed by atoms with Gasteiger partial charge in [0.05, 0.1) is 12.5 Å². The second-order valence-electron chi connectivity index (χ2n) is 7.66. The number of fused-ring (bicyclic) bond motifs is 1. The van der Waals surface area contributed by atoms with Crippen molar-refractivity contribution in [2.24, 2.45) is 0 Å². The highest BCUT2D eigenvalue weighted by Crippen LogP contribution is 2.34. The van der Waals surface area contributed by atoms with Crippen molar-refractivity contribution < 1.29 is 14.0 Å². The molecule has 1 heterocycles. The zero-order valence-corrected chi connectivity index (χ0v) is 17.0. The molecule has 0 spiro atoms. The fourth-order valence-electron chi connectivity index (χ4n) is 3.88. The Morgan fingerprint density at radius 3 is 2.50 bits per heavy atom. The quantitative estimate of drug-likeness (QED) is 0.640. The van der Waals surface area contributed by atoms with E-state index in [2.05, 4.69) is 5.32 Å². The van der Waals surface area contributed by atoms with Gasteiger partial charge in [-0.15, -0.1) is 0 Å². The van der Waals surface area contributed by atoms with Crippen molar-refractivity contribution in [3.63, 3.8) is 0 Å². The van der Waals surface area contributed by atoms with Gasteiger partial charge in [-0.1, -0.05) is 42.5 Å². The Morgan fingerprint density at radius 1 is 1.03 bits per heavy atom. The van der Waals surface area contributed by atoms with Gasteiger partial charge >= 0.3 is 0 Å². The molecule has 0 aliphatic carbocycles. The van der Waals surface area contributed by atoms with Gasteiger partial charge in [-0.3, -0.25) is 9.59 Å². The Labute approximate surface area is 175 Å². The van der Waals surface area contributed by atoms with Crippen LogP contribution in [0, 0.1) is 19.7 Å². The highest BCUT2D eigenvalue weighted by molar-refractivity contribution is 5.99. The second-order valence-corrected chi connectivity index (χ2v) is 7.66. The van der Waals surface area contributed by atoms with Crippen molar-refractivity contribution in [2.75, 3.05) is 5.32 Å². The number of aryl methyl sites for hydroxylation is 1. The minimum Gasteiger partial charge on any atom is -0.327 e. The molecular formula is C25H23FN2O2. The van der Waals surface area contributed by atoms with Gasteiger partial charge < -0.3 is 10.2 Å². The van der Waals surface area contributed by atoms with Gasteiger partial charge in [-0.05, 0) is 60.4 Å². The van der Waals surface area contributed by atoms with Crippen LogP contribution in [0.1, 0.15) is 45.1 Å². The molecule has 3 aromatic rings. The molecule has 1 aliphatic rings. The Bertz CT molecular complexity index is 1110. The largest absolute Gasteiger partial charge is 0.327 e. The number of nitrogens with zero attached hydrogens (tertiary/aromatic N) is 1. The number of hydrogen-bond donors (Lipinski definition) is 1. The maximum atomic E-state index is 13.5. The molecule has 4 nitrogen and oxygen atoms in total. The summed E-state index contributed by atoms with van der Waals surface area (Å²) in [4.78, 5) is 27.7. The molecule has 0 saturated heterocycles. The Morgan fingerprint density at radius 2 is 1.77 bits per heavy atom. The van der Waals surface area contributed by atoms with Crippen LogP contribution in [0.2, 0.25) is 0 Å². The first-order valence-electron chi connectivity index (χ1n) is 9.94. The maximum Gasteiger partial charge on any atom is 0.255 e. The predicted octanol–water partition coefficient (Wildman–Crippen LogP) is 5.17. The zero-order valence-electron chi connectivity index (χ0n) is 17.0. The summed E-state index contributed by atoms with van der Waals surface area (Å²) in [6.45, 7) is 4.38. The summed E-state index contributed by atoms with van der Waals surface area (Å²) >= 11 is 0. The molecule has 0 unspecified atom stereocenters. The molecule has 1 N–H and O–H groups in total. The monoisotopic (exact) mass is 402 g/mol. The average Bonchev–Trinajstić information content (AvgIpc) is 3.07. The molecule has 2 amide bonds. The van der Waals surface area contributed by atoms with Gasteiger partial charge in [-0.2, -0.15) is 0 Å². The lowest BCUT2D eigenvalue weighted by molar-refractivity contribution is -0.117. The summed E-state index contributed by atoms with van der Waals surface area (Å²) in [7, 11) is 0. The Kier molecular flexibility index (Phi) is 5.36. The summed E-state index contributed by atoms with van der Waals surface area (Å²) in [5.74, 6) is -0.658. The zero-order chi connectivity index (χ0) is 21.3. The number of carbonyl (C=O) groups excluding carboxylic acids is 2. The molecule has 4 rings (SSSR count). The lowest BCUT2D eigenvalue weighted by atomic mass is 10.0. The van der Waals surface area contributed by atoms with Crippen LogP contribution >= 0.6 is 0 Å². The molecule has 0 aromatic heterocycles. The molecule has 30 heavy (non-hydrogen) atoms. The van der Waals surface area contributed by atoms with Crippen molar-refractivity contribution in [1.82, 2.24) is 4.90 Å². The van der Waals surface area contributed by atoms with Crippen LogP contribution in [-0.4, -0.2) is 16.7 Å². The summed E-state index contributed by atoms with van der Waals surface area (Å²) in [6, 6.07) is 18.7. The number of halogens is 1. The van der Waals surface area contributed by atoms with Crippen LogP contribution in [0.4, 0.5) is 10.1 Å². The first-order chi connectivity index (χ1) is 14.4. The van der Waals surface area contributed by atoms with E-state index in [1.54, 1.807) is 23.1 Å². The van der Waals surface area contributed by atoms with E-state index < -0.39 is 6.04 Å². The van der Waals surface area contributed by atoms with E-state index in [4.69, 9.17) is 0 Å². The van der Waals surface area contributed by atoms with E-state index in [1.165, 1.54) is 12.1 Å². The third kappa shape index (κ3) is 3.83. The summed E-state index contributed by atoms with van der Waals surface area (Å²) < 4.78 is 13.5. The number of carbonyl (C=O) groups is 2. The van der Waals surface area contributed by atoms with Gasteiger partial charge in [0.1, 0.15) is 5.82 Å². The lowest BCUT2D eigenvalue weighted by Gasteiger charge is -2.28. The lowest BCUT2D eigenvalue weighted by Crippen LogP contribution is -2.32. The van der Waals surface area contributed by atoms with Crippen molar-refractivity contribution in [3.8, 4) is 0 Å². The molecule has 152 valence electrons. The molecule has 1 aliphatic heterocycles. The topological polar surface area (TPSA) is 49.4 Å². The second kappa shape index (κ2) is 8.11. The van der Waals surface area contributed by atoms with Crippen LogP contribution in [0.3, 0.4) is 0 Å². The number of rotatable bonds is 5. The number of benzene rings is 3. The number of anilines is 1. The van der Waals surface area contributed by atoms with Gasteiger partial charge in [0.2, 0.25) is 5.91 Å². The smallest absolute Gasteiger partial charge is 0.255 e. The minimum atomic E-state index is -0.490. The molecule has 5 heteroatoms. The van der Waals surface area contributed by atoms with Crippen LogP contribution < -0.4 is 5.32 Å². The standard InChI is InChI=1S/C25H23FN2O2/c1-16-6-5-9-22(17(16)2)27-24(29)14-23(18-10-12-20(26)13-11-18)28-15-19-7-3-4-8-21(19)25(28)30/h3-13,23H,14-15H2,1-2H3,(H,27,29)/t23-/m0/s1. The first kappa shape index (κ1) is 19.8. The molecule has 0 fully saturated rings. The van der Waals surface area contributed by atoms with Crippen molar-refractivity contribution >= 4 is 17.5 Å². The van der Waals surface area contributed by atoms with Crippen LogP contribution in [-0.2, 0) is 11.3 Å². The molecule has 0 saturated carbocycles. The number of amides is 2. The Hall–Kier alpha value is -3.47. The van der Waals surface area contributed by atoms with E-state index in [9.17, 15) is 14.0 Å². The fraction of sp³-hybridized carbons (Fsp3) is 0.200. The Balaban J connectivity index is 1.62. The van der Waals surface area contributed by atoms with Crippen LogP contribution in [0.25, 0.3) is 0 Å². The van der Waals surface area contributed by atoms with E-state index in [0.717, 1.165) is 27.9 Å². The summed E-state index contributed by atoms with van der Waals surface area (Å²) in [5, 5.41) is 2.97. The van der Waals surface area contributed by atoms with E-state index in [0.29, 0.717) is 12.1 Å². The van der Waals surface area contributed by atoms with Gasteiger partial charge in [0, 0.05) is 17.8 Å². The normalized spacial score (nSPS) is 13.8. The highest BCUT2D eigenvalue weighted by Gasteiger charge is 2.34. The summed E-state index contributed by atoms with van der Waals surface area (Å²) in [6.07, 6.45) is 0.0821. The van der Waals surface area contributed by atoms with Crippen LogP contribution in [0.5, 0.6) is 0 Å². The molecular weight excluding hydrogens is 379 g/mol. The van der Waals surface area contributed by atoms with E-state index in [1.807, 2.05) is 50.2 Å². The third-order valence-corrected chi connectivity index (χ3v) is 5.74. The van der Waals surface area contributed by atoms with Crippen molar-refractivity contribution in [2.45, 2.75) is 32.9 Å². The number of nitrogens with one attached hydrogen (secondary N) is 1. The summed E-state index contributed by atoms with van der Waals surface area (Å²) in [5.41, 5.74) is 5.17. The molecule has 3 aromatic carbocycles. The number of hydrogen-bond acceptors (Lipinski definition) is 2. The van der Waals surface area contributed by atoms with E-state index >= 15 is 0 Å². The third-order valence-electron chi connectivity index (χ3n) is 5.74. The van der Waals surface area contributed by atoms with Crippen LogP contribution in [0.15, 0.2) is 66.7 Å². The minimum absolute atomic E-state index is 0.0821. The SMILES string of the molecule is Cc1cccc(NC(=O)C[C@@H](c2ccc(F)cc2)N2Cc3ccccc3C2=O)c1C. The first-order valence-corrected chi connectivity index (χ1v) is 9.94. The maximum absolute atomic E-state index is 13.5. The van der Waals surface area contributed by atoms with Gasteiger partial charge in [-0.25, -0.2) is 4.39 Å². The van der Waals surface area contributed by atoms with Gasteiger partial charge in [0.25, 0.3) is 5.91 Å².